The monoisotopic (exact) mass is 186 g/mol. The van der Waals surface area contributed by atoms with Gasteiger partial charge in [-0.15, -0.1) is 0 Å². The quantitative estimate of drug-likeness (QED) is 0.665. The largest absolute Gasteiger partial charge is 0.481 e. The summed E-state index contributed by atoms with van der Waals surface area (Å²) in [6, 6.07) is 0. The van der Waals surface area contributed by atoms with E-state index in [2.05, 4.69) is 0 Å². The standard InChI is InChI=1S/C6H6F4O2/c7-2-5(4(11)12)1-3(5)6(8,9)10/h3H,1-2H2,(H,11,12). The Bertz CT molecular complexity index is 212. The van der Waals surface area contributed by atoms with Crippen molar-refractivity contribution < 1.29 is 27.5 Å². The van der Waals surface area contributed by atoms with Crippen LogP contribution in [0.2, 0.25) is 0 Å². The highest BCUT2D eigenvalue weighted by molar-refractivity contribution is 5.79. The first-order valence-corrected chi connectivity index (χ1v) is 3.20. The molecular formula is C6H6F4O2. The van der Waals surface area contributed by atoms with Crippen LogP contribution in [0, 0.1) is 11.3 Å². The third-order valence-electron chi connectivity index (χ3n) is 2.13. The molecule has 0 bridgehead atoms. The molecule has 0 aromatic heterocycles. The highest BCUT2D eigenvalue weighted by Crippen LogP contribution is 2.60. The highest BCUT2D eigenvalue weighted by atomic mass is 19.4. The van der Waals surface area contributed by atoms with Crippen LogP contribution in [0.15, 0.2) is 0 Å². The second-order valence-corrected chi connectivity index (χ2v) is 2.89. The number of halogens is 4. The molecule has 0 aromatic rings. The van der Waals surface area contributed by atoms with Crippen LogP contribution in [0.1, 0.15) is 6.42 Å². The van der Waals surface area contributed by atoms with Gasteiger partial charge in [-0.3, -0.25) is 4.79 Å². The van der Waals surface area contributed by atoms with Gasteiger partial charge in [0.1, 0.15) is 12.1 Å². The molecule has 2 unspecified atom stereocenters. The minimum atomic E-state index is -4.59. The zero-order chi connectivity index (χ0) is 9.57. The van der Waals surface area contributed by atoms with E-state index in [0.717, 1.165) is 0 Å². The first-order chi connectivity index (χ1) is 5.34. The summed E-state index contributed by atoms with van der Waals surface area (Å²) in [6.45, 7) is -1.45. The number of carboxylic acids is 1. The van der Waals surface area contributed by atoms with Crippen LogP contribution in [0.25, 0.3) is 0 Å². The maximum Gasteiger partial charge on any atom is 0.393 e. The SMILES string of the molecule is O=C(O)C1(CF)CC1C(F)(F)F. The molecule has 6 heteroatoms. The molecule has 0 saturated heterocycles. The Morgan fingerprint density at radius 1 is 1.58 bits per heavy atom. The van der Waals surface area contributed by atoms with Gasteiger partial charge >= 0.3 is 12.1 Å². The summed E-state index contributed by atoms with van der Waals surface area (Å²) < 4.78 is 47.5. The van der Waals surface area contributed by atoms with E-state index in [4.69, 9.17) is 5.11 Å². The Morgan fingerprint density at radius 3 is 2.17 bits per heavy atom. The normalized spacial score (nSPS) is 34.8. The molecule has 0 radical (unpaired) electrons. The summed E-state index contributed by atoms with van der Waals surface area (Å²) in [5.74, 6) is -3.71. The Kier molecular flexibility index (Phi) is 1.81. The van der Waals surface area contributed by atoms with Gasteiger partial charge in [0.2, 0.25) is 0 Å². The van der Waals surface area contributed by atoms with Gasteiger partial charge in [0, 0.05) is 0 Å². The van der Waals surface area contributed by atoms with Gasteiger partial charge in [-0.2, -0.15) is 13.2 Å². The lowest BCUT2D eigenvalue weighted by Crippen LogP contribution is -2.26. The van der Waals surface area contributed by atoms with Crippen LogP contribution < -0.4 is 0 Å². The van der Waals surface area contributed by atoms with Crippen molar-refractivity contribution in [1.29, 1.82) is 0 Å². The molecule has 0 aromatic carbocycles. The fourth-order valence-electron chi connectivity index (χ4n) is 1.18. The second kappa shape index (κ2) is 2.34. The van der Waals surface area contributed by atoms with Gasteiger partial charge in [-0.25, -0.2) is 4.39 Å². The van der Waals surface area contributed by atoms with Gasteiger partial charge in [-0.1, -0.05) is 0 Å². The van der Waals surface area contributed by atoms with Crippen LogP contribution >= 0.6 is 0 Å². The number of carbonyl (C=O) groups is 1. The molecular weight excluding hydrogens is 180 g/mol. The van der Waals surface area contributed by atoms with E-state index in [1.54, 1.807) is 0 Å². The van der Waals surface area contributed by atoms with Crippen molar-refractivity contribution in [3.8, 4) is 0 Å². The van der Waals surface area contributed by atoms with Crippen molar-refractivity contribution in [3.05, 3.63) is 0 Å². The zero-order valence-corrected chi connectivity index (χ0v) is 5.86. The van der Waals surface area contributed by atoms with Crippen molar-refractivity contribution in [1.82, 2.24) is 0 Å². The van der Waals surface area contributed by atoms with Crippen LogP contribution in [-0.2, 0) is 4.79 Å². The molecule has 1 N–H and O–H groups in total. The number of carboxylic acid groups (broad SMARTS) is 1. The Balaban J connectivity index is 2.75. The number of aliphatic carboxylic acids is 1. The van der Waals surface area contributed by atoms with E-state index >= 15 is 0 Å². The molecule has 1 rings (SSSR count). The smallest absolute Gasteiger partial charge is 0.393 e. The predicted molar refractivity (Wildman–Crippen MR) is 30.2 cm³/mol. The molecule has 2 atom stereocenters. The van der Waals surface area contributed by atoms with Gasteiger partial charge in [0.05, 0.1) is 5.92 Å². The first kappa shape index (κ1) is 9.28. The summed E-state index contributed by atoms with van der Waals surface area (Å²) in [7, 11) is 0. The summed E-state index contributed by atoms with van der Waals surface area (Å²) in [6.07, 6.45) is -5.23. The van der Waals surface area contributed by atoms with Gasteiger partial charge in [0.25, 0.3) is 0 Å². The molecule has 1 saturated carbocycles. The van der Waals surface area contributed by atoms with E-state index in [1.165, 1.54) is 0 Å². The lowest BCUT2D eigenvalue weighted by molar-refractivity contribution is -0.169. The minimum Gasteiger partial charge on any atom is -0.481 e. The summed E-state index contributed by atoms with van der Waals surface area (Å²) in [5, 5.41) is 8.30. The molecule has 1 aliphatic rings. The van der Waals surface area contributed by atoms with E-state index < -0.39 is 36.6 Å². The number of hydrogen-bond acceptors (Lipinski definition) is 1. The third-order valence-corrected chi connectivity index (χ3v) is 2.13. The van der Waals surface area contributed by atoms with Crippen molar-refractivity contribution in [2.45, 2.75) is 12.6 Å². The fraction of sp³-hybridized carbons (Fsp3) is 0.833. The first-order valence-electron chi connectivity index (χ1n) is 3.20. The van der Waals surface area contributed by atoms with Crippen molar-refractivity contribution in [2.75, 3.05) is 6.67 Å². The average molecular weight is 186 g/mol. The average Bonchev–Trinajstić information content (AvgIpc) is 2.60. The minimum absolute atomic E-state index is 0.637. The van der Waals surface area contributed by atoms with Crippen LogP contribution in [-0.4, -0.2) is 23.9 Å². The van der Waals surface area contributed by atoms with Gasteiger partial charge in [0.15, 0.2) is 0 Å². The molecule has 1 aliphatic carbocycles. The maximum absolute atomic E-state index is 12.0. The lowest BCUT2D eigenvalue weighted by Gasteiger charge is -2.09. The predicted octanol–water partition coefficient (Wildman–Crippen LogP) is 1.61. The summed E-state index contributed by atoms with van der Waals surface area (Å²) in [4.78, 5) is 10.2. The molecule has 2 nitrogen and oxygen atoms in total. The molecule has 12 heavy (non-hydrogen) atoms. The van der Waals surface area contributed by atoms with Crippen molar-refractivity contribution >= 4 is 5.97 Å². The molecule has 1 fully saturated rings. The van der Waals surface area contributed by atoms with Crippen molar-refractivity contribution in [3.63, 3.8) is 0 Å². The molecule has 0 amide bonds. The number of alkyl halides is 4. The number of rotatable bonds is 2. The topological polar surface area (TPSA) is 37.3 Å². The van der Waals surface area contributed by atoms with E-state index in [9.17, 15) is 22.4 Å². The molecule has 0 spiro atoms. The number of hydrogen-bond donors (Lipinski definition) is 1. The van der Waals surface area contributed by atoms with Crippen LogP contribution in [0.5, 0.6) is 0 Å². The van der Waals surface area contributed by atoms with E-state index in [1.807, 2.05) is 0 Å². The van der Waals surface area contributed by atoms with Crippen molar-refractivity contribution in [2.24, 2.45) is 11.3 Å². The molecule has 70 valence electrons. The van der Waals surface area contributed by atoms with E-state index in [-0.39, 0.29) is 0 Å². The second-order valence-electron chi connectivity index (χ2n) is 2.89. The van der Waals surface area contributed by atoms with Gasteiger partial charge in [-0.05, 0) is 6.42 Å². The fourth-order valence-corrected chi connectivity index (χ4v) is 1.18. The summed E-state index contributed by atoms with van der Waals surface area (Å²) >= 11 is 0. The third kappa shape index (κ3) is 1.15. The highest BCUT2D eigenvalue weighted by Gasteiger charge is 2.71. The van der Waals surface area contributed by atoms with Crippen LogP contribution in [0.3, 0.4) is 0 Å². The zero-order valence-electron chi connectivity index (χ0n) is 5.86. The molecule has 0 heterocycles. The summed E-state index contributed by atoms with van der Waals surface area (Å²) in [5.41, 5.74) is -2.18. The van der Waals surface area contributed by atoms with Gasteiger partial charge < -0.3 is 5.11 Å². The Morgan fingerprint density at radius 2 is 2.08 bits per heavy atom. The van der Waals surface area contributed by atoms with Crippen LogP contribution in [0.4, 0.5) is 17.6 Å². The molecule has 0 aliphatic heterocycles. The Labute approximate surface area is 65.2 Å². The Hall–Kier alpha value is -0.810. The van der Waals surface area contributed by atoms with E-state index in [0.29, 0.717) is 0 Å². The lowest BCUT2D eigenvalue weighted by atomic mass is 10.1. The maximum atomic E-state index is 12.0.